The lowest BCUT2D eigenvalue weighted by molar-refractivity contribution is 0.411. The number of hydrogen-bond acceptors (Lipinski definition) is 3. The first-order valence-electron chi connectivity index (χ1n) is 9.36. The van der Waals surface area contributed by atoms with Crippen molar-refractivity contribution in [3.8, 4) is 5.75 Å². The number of halogens is 1. The van der Waals surface area contributed by atoms with Gasteiger partial charge in [-0.05, 0) is 53.9 Å². The standard InChI is InChI=1S/C23H20BrN3O/c1-28-18-6-4-5-16(13-18)22-14-20(15-9-11-17(24)12-10-15)26-23-25-19-7-2-3-8-21(19)27(22)23/h2-13,20,22H,14H2,1H3,(H,25,26)/t20-,22-/m1/s1. The molecule has 1 N–H and O–H groups in total. The number of nitrogens with one attached hydrogen (secondary N) is 1. The molecule has 2 heterocycles. The normalized spacial score (nSPS) is 18.5. The van der Waals surface area contributed by atoms with Crippen LogP contribution in [0.15, 0.2) is 77.3 Å². The second-order valence-corrected chi connectivity index (χ2v) is 7.99. The molecule has 1 aromatic heterocycles. The van der Waals surface area contributed by atoms with Gasteiger partial charge >= 0.3 is 0 Å². The first kappa shape index (κ1) is 17.3. The zero-order valence-electron chi connectivity index (χ0n) is 15.5. The number of benzene rings is 3. The van der Waals surface area contributed by atoms with E-state index in [2.05, 4.69) is 86.5 Å². The van der Waals surface area contributed by atoms with Gasteiger partial charge in [0.2, 0.25) is 5.95 Å². The summed E-state index contributed by atoms with van der Waals surface area (Å²) in [6, 6.07) is 25.6. The third-order valence-corrected chi connectivity index (χ3v) is 5.95. The van der Waals surface area contributed by atoms with Gasteiger partial charge in [-0.15, -0.1) is 0 Å². The Bertz CT molecular complexity index is 1140. The number of nitrogens with zero attached hydrogens (tertiary/aromatic N) is 2. The number of hydrogen-bond donors (Lipinski definition) is 1. The summed E-state index contributed by atoms with van der Waals surface area (Å²) in [6.07, 6.45) is 0.933. The Balaban J connectivity index is 1.66. The van der Waals surface area contributed by atoms with Gasteiger partial charge in [-0.2, -0.15) is 0 Å². The second-order valence-electron chi connectivity index (χ2n) is 7.07. The van der Waals surface area contributed by atoms with Crippen LogP contribution >= 0.6 is 15.9 Å². The van der Waals surface area contributed by atoms with Crippen molar-refractivity contribution in [1.29, 1.82) is 0 Å². The van der Waals surface area contributed by atoms with Crippen molar-refractivity contribution in [3.05, 3.63) is 88.4 Å². The van der Waals surface area contributed by atoms with Crippen molar-refractivity contribution in [1.82, 2.24) is 9.55 Å². The minimum absolute atomic E-state index is 0.174. The van der Waals surface area contributed by atoms with Gasteiger partial charge in [-0.3, -0.25) is 0 Å². The van der Waals surface area contributed by atoms with Crippen LogP contribution in [0.1, 0.15) is 29.6 Å². The van der Waals surface area contributed by atoms with Gasteiger partial charge in [0.05, 0.1) is 30.2 Å². The molecular formula is C23H20BrN3O. The molecule has 0 unspecified atom stereocenters. The zero-order chi connectivity index (χ0) is 19.1. The van der Waals surface area contributed by atoms with Gasteiger partial charge in [-0.25, -0.2) is 4.98 Å². The number of aromatic nitrogens is 2. The van der Waals surface area contributed by atoms with Gasteiger partial charge in [0.1, 0.15) is 5.75 Å². The number of methoxy groups -OCH3 is 1. The quantitative estimate of drug-likeness (QED) is 0.433. The Labute approximate surface area is 172 Å². The molecule has 1 aliphatic rings. The third kappa shape index (κ3) is 2.96. The Morgan fingerprint density at radius 1 is 1.00 bits per heavy atom. The Morgan fingerprint density at radius 3 is 2.64 bits per heavy atom. The SMILES string of the molecule is COc1cccc([C@H]2C[C@H](c3ccc(Br)cc3)Nc3nc4ccccc4n32)c1. The fourth-order valence-corrected chi connectivity index (χ4v) is 4.32. The lowest BCUT2D eigenvalue weighted by Gasteiger charge is -2.33. The highest BCUT2D eigenvalue weighted by Crippen LogP contribution is 2.41. The van der Waals surface area contributed by atoms with Gasteiger partial charge in [0.25, 0.3) is 0 Å². The molecule has 4 aromatic rings. The van der Waals surface area contributed by atoms with Crippen LogP contribution in [0.4, 0.5) is 5.95 Å². The molecule has 0 amide bonds. The highest BCUT2D eigenvalue weighted by atomic mass is 79.9. The summed E-state index contributed by atoms with van der Waals surface area (Å²) in [6.45, 7) is 0. The molecule has 0 bridgehead atoms. The first-order chi connectivity index (χ1) is 13.7. The molecule has 5 heteroatoms. The van der Waals surface area contributed by atoms with Gasteiger partial charge in [0.15, 0.2) is 0 Å². The number of imidazole rings is 1. The molecule has 0 saturated carbocycles. The summed E-state index contributed by atoms with van der Waals surface area (Å²) in [4.78, 5) is 4.88. The summed E-state index contributed by atoms with van der Waals surface area (Å²) < 4.78 is 8.89. The summed E-state index contributed by atoms with van der Waals surface area (Å²) in [5.74, 6) is 1.79. The van der Waals surface area contributed by atoms with Gasteiger partial charge in [0, 0.05) is 4.47 Å². The highest BCUT2D eigenvalue weighted by Gasteiger charge is 2.31. The Hall–Kier alpha value is -2.79. The van der Waals surface area contributed by atoms with Crippen LogP contribution in [0.2, 0.25) is 0 Å². The maximum Gasteiger partial charge on any atom is 0.204 e. The van der Waals surface area contributed by atoms with E-state index in [1.54, 1.807) is 7.11 Å². The molecule has 1 aliphatic heterocycles. The molecule has 2 atom stereocenters. The third-order valence-electron chi connectivity index (χ3n) is 5.42. The summed E-state index contributed by atoms with van der Waals surface area (Å²) in [7, 11) is 1.71. The van der Waals surface area contributed by atoms with Crippen molar-refractivity contribution in [3.63, 3.8) is 0 Å². The molecule has 0 fully saturated rings. The van der Waals surface area contributed by atoms with E-state index in [9.17, 15) is 0 Å². The predicted octanol–water partition coefficient (Wildman–Crippen LogP) is 5.95. The van der Waals surface area contributed by atoms with E-state index in [0.717, 1.165) is 33.6 Å². The number of rotatable bonds is 3. The van der Waals surface area contributed by atoms with Crippen LogP contribution in [-0.2, 0) is 0 Å². The molecule has 0 spiro atoms. The van der Waals surface area contributed by atoms with Crippen molar-refractivity contribution < 1.29 is 4.74 Å². The van der Waals surface area contributed by atoms with E-state index >= 15 is 0 Å². The number of ether oxygens (including phenoxy) is 1. The minimum Gasteiger partial charge on any atom is -0.497 e. The summed E-state index contributed by atoms with van der Waals surface area (Å²) in [5.41, 5.74) is 4.64. The summed E-state index contributed by atoms with van der Waals surface area (Å²) >= 11 is 3.53. The van der Waals surface area contributed by atoms with E-state index in [4.69, 9.17) is 9.72 Å². The number of fused-ring (bicyclic) bond motifs is 3. The van der Waals surface area contributed by atoms with Crippen LogP contribution in [0.25, 0.3) is 11.0 Å². The average Bonchev–Trinajstić information content (AvgIpc) is 3.12. The van der Waals surface area contributed by atoms with E-state index in [1.807, 2.05) is 12.1 Å². The highest BCUT2D eigenvalue weighted by molar-refractivity contribution is 9.10. The maximum absolute atomic E-state index is 5.48. The molecule has 140 valence electrons. The monoisotopic (exact) mass is 433 g/mol. The fourth-order valence-electron chi connectivity index (χ4n) is 4.05. The fraction of sp³-hybridized carbons (Fsp3) is 0.174. The Kier molecular flexibility index (Phi) is 4.32. The predicted molar refractivity (Wildman–Crippen MR) is 116 cm³/mol. The van der Waals surface area contributed by atoms with E-state index < -0.39 is 0 Å². The average molecular weight is 434 g/mol. The van der Waals surface area contributed by atoms with Crippen molar-refractivity contribution in [2.45, 2.75) is 18.5 Å². The largest absolute Gasteiger partial charge is 0.497 e. The molecule has 0 saturated heterocycles. The molecule has 28 heavy (non-hydrogen) atoms. The second kappa shape index (κ2) is 6.99. The maximum atomic E-state index is 5.48. The van der Waals surface area contributed by atoms with Crippen molar-refractivity contribution in [2.24, 2.45) is 0 Å². The van der Waals surface area contributed by atoms with E-state index in [-0.39, 0.29) is 12.1 Å². The van der Waals surface area contributed by atoms with Crippen LogP contribution in [0, 0.1) is 0 Å². The topological polar surface area (TPSA) is 39.1 Å². The smallest absolute Gasteiger partial charge is 0.204 e. The van der Waals surface area contributed by atoms with E-state index in [1.165, 1.54) is 11.1 Å². The lowest BCUT2D eigenvalue weighted by atomic mass is 9.93. The molecule has 0 radical (unpaired) electrons. The zero-order valence-corrected chi connectivity index (χ0v) is 17.1. The number of para-hydroxylation sites is 2. The Morgan fingerprint density at radius 2 is 1.82 bits per heavy atom. The lowest BCUT2D eigenvalue weighted by Crippen LogP contribution is -2.27. The van der Waals surface area contributed by atoms with Crippen molar-refractivity contribution >= 4 is 32.9 Å². The molecular weight excluding hydrogens is 414 g/mol. The van der Waals surface area contributed by atoms with Crippen LogP contribution in [0.5, 0.6) is 5.75 Å². The van der Waals surface area contributed by atoms with Gasteiger partial charge < -0.3 is 14.6 Å². The molecule has 5 rings (SSSR count). The first-order valence-corrected chi connectivity index (χ1v) is 10.1. The van der Waals surface area contributed by atoms with Crippen LogP contribution in [0.3, 0.4) is 0 Å². The summed E-state index contributed by atoms with van der Waals surface area (Å²) in [5, 5.41) is 3.66. The van der Waals surface area contributed by atoms with Crippen LogP contribution in [-0.4, -0.2) is 16.7 Å². The molecule has 0 aliphatic carbocycles. The molecule has 3 aromatic carbocycles. The minimum atomic E-state index is 0.174. The molecule has 4 nitrogen and oxygen atoms in total. The van der Waals surface area contributed by atoms with Gasteiger partial charge in [-0.1, -0.05) is 52.3 Å². The number of anilines is 1. The van der Waals surface area contributed by atoms with E-state index in [0.29, 0.717) is 0 Å². The van der Waals surface area contributed by atoms with Crippen LogP contribution < -0.4 is 10.1 Å². The van der Waals surface area contributed by atoms with Crippen molar-refractivity contribution in [2.75, 3.05) is 12.4 Å².